The summed E-state index contributed by atoms with van der Waals surface area (Å²) in [6, 6.07) is 21.9. The smallest absolute Gasteiger partial charge is 0.261 e. The minimum atomic E-state index is -3.71. The van der Waals surface area contributed by atoms with Crippen molar-refractivity contribution in [2.24, 2.45) is 0 Å². The zero-order chi connectivity index (χ0) is 20.3. The lowest BCUT2D eigenvalue weighted by Gasteiger charge is -2.09. The molecule has 0 aliphatic carbocycles. The second kappa shape index (κ2) is 7.76. The predicted octanol–water partition coefficient (Wildman–Crippen LogP) is 3.81. The Balaban J connectivity index is 1.43. The molecule has 29 heavy (non-hydrogen) atoms. The number of hydrogen-bond acceptors (Lipinski definition) is 5. The number of aromatic nitrogens is 1. The second-order valence-electron chi connectivity index (χ2n) is 6.35. The number of carbonyl (C=O) groups is 1. The van der Waals surface area contributed by atoms with E-state index in [-0.39, 0.29) is 17.2 Å². The maximum atomic E-state index is 12.5. The Labute approximate surface area is 167 Å². The van der Waals surface area contributed by atoms with E-state index in [1.165, 1.54) is 12.1 Å². The first-order valence-corrected chi connectivity index (χ1v) is 10.3. The lowest BCUT2D eigenvalue weighted by Crippen LogP contribution is -2.15. The van der Waals surface area contributed by atoms with E-state index in [0.717, 1.165) is 5.39 Å². The summed E-state index contributed by atoms with van der Waals surface area (Å²) in [6.45, 7) is 0. The lowest BCUT2D eigenvalue weighted by atomic mass is 10.1. The van der Waals surface area contributed by atoms with Crippen molar-refractivity contribution in [2.75, 3.05) is 10.0 Å². The number of para-hydroxylation sites is 2. The van der Waals surface area contributed by atoms with Gasteiger partial charge in [0.1, 0.15) is 5.69 Å². The van der Waals surface area contributed by atoms with E-state index in [1.807, 2.05) is 18.2 Å². The van der Waals surface area contributed by atoms with Gasteiger partial charge in [0.15, 0.2) is 5.58 Å². The molecule has 1 aromatic heterocycles. The van der Waals surface area contributed by atoms with Crippen molar-refractivity contribution in [2.45, 2.75) is 11.3 Å². The van der Waals surface area contributed by atoms with Gasteiger partial charge in [-0.05, 0) is 48.5 Å². The molecule has 7 nitrogen and oxygen atoms in total. The van der Waals surface area contributed by atoms with Crippen LogP contribution in [0.3, 0.4) is 0 Å². The van der Waals surface area contributed by atoms with Crippen molar-refractivity contribution in [1.29, 1.82) is 0 Å². The van der Waals surface area contributed by atoms with Gasteiger partial charge < -0.3 is 9.84 Å². The summed E-state index contributed by atoms with van der Waals surface area (Å²) in [5.41, 5.74) is 2.13. The molecule has 0 atom stereocenters. The molecule has 3 aromatic carbocycles. The van der Waals surface area contributed by atoms with Crippen molar-refractivity contribution >= 4 is 38.3 Å². The Morgan fingerprint density at radius 3 is 2.31 bits per heavy atom. The number of fused-ring (bicyclic) bond motifs is 1. The number of carbonyl (C=O) groups excluding carboxylic acids is 1. The molecule has 0 aliphatic heterocycles. The molecule has 1 amide bonds. The van der Waals surface area contributed by atoms with Crippen LogP contribution in [0.1, 0.15) is 5.69 Å². The largest absolute Gasteiger partial charge is 0.356 e. The average molecular weight is 407 g/mol. The summed E-state index contributed by atoms with van der Waals surface area (Å²) < 4.78 is 32.6. The van der Waals surface area contributed by atoms with Gasteiger partial charge in [-0.2, -0.15) is 0 Å². The SMILES string of the molecule is O=C(Cc1noc2ccccc12)Nc1ccc(S(=O)(=O)Nc2ccccc2)cc1. The molecule has 8 heteroatoms. The van der Waals surface area contributed by atoms with E-state index in [0.29, 0.717) is 22.7 Å². The van der Waals surface area contributed by atoms with Gasteiger partial charge in [-0.25, -0.2) is 8.42 Å². The minimum absolute atomic E-state index is 0.0482. The molecule has 0 spiro atoms. The highest BCUT2D eigenvalue weighted by Crippen LogP contribution is 2.20. The third-order valence-corrected chi connectivity index (χ3v) is 5.65. The molecule has 0 radical (unpaired) electrons. The molecular weight excluding hydrogens is 390 g/mol. The first-order valence-electron chi connectivity index (χ1n) is 8.82. The summed E-state index contributed by atoms with van der Waals surface area (Å²) in [6.07, 6.45) is 0.0482. The normalized spacial score (nSPS) is 11.3. The number of anilines is 2. The van der Waals surface area contributed by atoms with Crippen LogP contribution >= 0.6 is 0 Å². The van der Waals surface area contributed by atoms with Crippen molar-refractivity contribution in [3.63, 3.8) is 0 Å². The fraction of sp³-hybridized carbons (Fsp3) is 0.0476. The molecule has 4 aromatic rings. The summed E-state index contributed by atoms with van der Waals surface area (Å²) >= 11 is 0. The van der Waals surface area contributed by atoms with Crippen molar-refractivity contribution in [3.05, 3.63) is 84.6 Å². The number of nitrogens with zero attached hydrogens (tertiary/aromatic N) is 1. The number of benzene rings is 3. The Bertz CT molecular complexity index is 1250. The van der Waals surface area contributed by atoms with Gasteiger partial charge >= 0.3 is 0 Å². The van der Waals surface area contributed by atoms with Gasteiger partial charge in [0.2, 0.25) is 5.91 Å². The molecule has 0 bridgehead atoms. The molecule has 0 saturated carbocycles. The van der Waals surface area contributed by atoms with Gasteiger partial charge in [-0.15, -0.1) is 0 Å². The summed E-state index contributed by atoms with van der Waals surface area (Å²) in [7, 11) is -3.71. The van der Waals surface area contributed by atoms with Crippen LogP contribution < -0.4 is 10.0 Å². The number of amides is 1. The molecule has 0 unspecified atom stereocenters. The third-order valence-electron chi connectivity index (χ3n) is 4.25. The fourth-order valence-corrected chi connectivity index (χ4v) is 3.92. The molecule has 4 rings (SSSR count). The number of sulfonamides is 1. The quantitative estimate of drug-likeness (QED) is 0.506. The molecule has 1 heterocycles. The van der Waals surface area contributed by atoms with Gasteiger partial charge in [0, 0.05) is 16.8 Å². The zero-order valence-corrected chi connectivity index (χ0v) is 16.0. The number of rotatable bonds is 6. The first-order chi connectivity index (χ1) is 14.0. The van der Waals surface area contributed by atoms with Crippen molar-refractivity contribution in [1.82, 2.24) is 5.16 Å². The van der Waals surface area contributed by atoms with Crippen LogP contribution in [0.2, 0.25) is 0 Å². The van der Waals surface area contributed by atoms with E-state index in [9.17, 15) is 13.2 Å². The topological polar surface area (TPSA) is 101 Å². The second-order valence-corrected chi connectivity index (χ2v) is 8.03. The van der Waals surface area contributed by atoms with E-state index in [2.05, 4.69) is 15.2 Å². The number of hydrogen-bond donors (Lipinski definition) is 2. The third kappa shape index (κ3) is 4.27. The number of nitrogens with one attached hydrogen (secondary N) is 2. The van der Waals surface area contributed by atoms with Gasteiger partial charge in [0.25, 0.3) is 10.0 Å². The van der Waals surface area contributed by atoms with Crippen LogP contribution in [0.4, 0.5) is 11.4 Å². The highest BCUT2D eigenvalue weighted by Gasteiger charge is 2.15. The van der Waals surface area contributed by atoms with Crippen LogP contribution in [0.15, 0.2) is 88.3 Å². The fourth-order valence-electron chi connectivity index (χ4n) is 2.86. The maximum absolute atomic E-state index is 12.5. The van der Waals surface area contributed by atoms with Gasteiger partial charge in [-0.3, -0.25) is 9.52 Å². The highest BCUT2D eigenvalue weighted by molar-refractivity contribution is 7.92. The van der Waals surface area contributed by atoms with E-state index >= 15 is 0 Å². The Morgan fingerprint density at radius 1 is 0.862 bits per heavy atom. The van der Waals surface area contributed by atoms with E-state index < -0.39 is 10.0 Å². The Hall–Kier alpha value is -3.65. The van der Waals surface area contributed by atoms with Crippen molar-refractivity contribution < 1.29 is 17.7 Å². The summed E-state index contributed by atoms with van der Waals surface area (Å²) in [5, 5.41) is 7.47. The monoisotopic (exact) mass is 407 g/mol. The Morgan fingerprint density at radius 2 is 1.55 bits per heavy atom. The van der Waals surface area contributed by atoms with Crippen LogP contribution in [-0.4, -0.2) is 19.5 Å². The van der Waals surface area contributed by atoms with Crippen LogP contribution in [0, 0.1) is 0 Å². The van der Waals surface area contributed by atoms with E-state index in [1.54, 1.807) is 48.5 Å². The van der Waals surface area contributed by atoms with Crippen LogP contribution in [-0.2, 0) is 21.2 Å². The average Bonchev–Trinajstić information content (AvgIpc) is 3.12. The molecular formula is C21H17N3O4S. The lowest BCUT2D eigenvalue weighted by molar-refractivity contribution is -0.115. The molecule has 0 aliphatic rings. The summed E-state index contributed by atoms with van der Waals surface area (Å²) in [4.78, 5) is 12.4. The predicted molar refractivity (Wildman–Crippen MR) is 110 cm³/mol. The molecule has 146 valence electrons. The molecule has 0 fully saturated rings. The first kappa shape index (κ1) is 18.7. The van der Waals surface area contributed by atoms with Gasteiger partial charge in [0.05, 0.1) is 11.3 Å². The highest BCUT2D eigenvalue weighted by atomic mass is 32.2. The standard InChI is InChI=1S/C21H17N3O4S/c25-21(14-19-18-8-4-5-9-20(18)28-23-19)22-15-10-12-17(13-11-15)29(26,27)24-16-6-2-1-3-7-16/h1-13,24H,14H2,(H,22,25). The van der Waals surface area contributed by atoms with Crippen LogP contribution in [0.5, 0.6) is 0 Å². The van der Waals surface area contributed by atoms with Crippen molar-refractivity contribution in [3.8, 4) is 0 Å². The maximum Gasteiger partial charge on any atom is 0.261 e. The zero-order valence-electron chi connectivity index (χ0n) is 15.2. The summed E-state index contributed by atoms with van der Waals surface area (Å²) in [5.74, 6) is -0.276. The van der Waals surface area contributed by atoms with Crippen LogP contribution in [0.25, 0.3) is 11.0 Å². The molecule has 0 saturated heterocycles. The minimum Gasteiger partial charge on any atom is -0.356 e. The Kier molecular flexibility index (Phi) is 5.01. The van der Waals surface area contributed by atoms with E-state index in [4.69, 9.17) is 4.52 Å². The van der Waals surface area contributed by atoms with Gasteiger partial charge in [-0.1, -0.05) is 35.5 Å². The molecule has 2 N–H and O–H groups in total.